The van der Waals surface area contributed by atoms with Gasteiger partial charge in [-0.05, 0) is 71.7 Å². The van der Waals surface area contributed by atoms with E-state index in [0.29, 0.717) is 17.2 Å². The van der Waals surface area contributed by atoms with Crippen molar-refractivity contribution in [3.8, 4) is 0 Å². The molecule has 0 spiro atoms. The maximum atomic E-state index is 12.9. The molecule has 7 heteroatoms. The number of oxazole rings is 1. The molecule has 2 heterocycles. The Bertz CT molecular complexity index is 850. The Balaban J connectivity index is 0.00000280. The van der Waals surface area contributed by atoms with Crippen LogP contribution in [0, 0.1) is 6.92 Å². The minimum atomic E-state index is -3.34. The van der Waals surface area contributed by atoms with Gasteiger partial charge in [-0.25, -0.2) is 13.4 Å². The van der Waals surface area contributed by atoms with E-state index in [-0.39, 0.29) is 12.4 Å². The van der Waals surface area contributed by atoms with Gasteiger partial charge in [0.1, 0.15) is 6.26 Å². The van der Waals surface area contributed by atoms with E-state index in [2.05, 4.69) is 9.88 Å². The minimum absolute atomic E-state index is 0. The summed E-state index contributed by atoms with van der Waals surface area (Å²) in [7, 11) is -3.34. The summed E-state index contributed by atoms with van der Waals surface area (Å²) in [6.45, 7) is 8.52. The molecule has 0 radical (unpaired) electrons. The molecule has 5 nitrogen and oxygen atoms in total. The Kier molecular flexibility index (Phi) is 7.71. The van der Waals surface area contributed by atoms with Crippen LogP contribution in [0.2, 0.25) is 0 Å². The summed E-state index contributed by atoms with van der Waals surface area (Å²) in [6.07, 6.45) is 5.44. The normalized spacial score (nSPS) is 18.6. The van der Waals surface area contributed by atoms with Crippen molar-refractivity contribution in [2.45, 2.75) is 62.0 Å². The molecule has 1 saturated heterocycles. The number of aryl methyl sites for hydroxylation is 1. The quantitative estimate of drug-likeness (QED) is 0.646. The van der Waals surface area contributed by atoms with Gasteiger partial charge < -0.3 is 9.32 Å². The number of nitrogens with zero attached hydrogens (tertiary/aromatic N) is 2. The third-order valence-corrected chi connectivity index (χ3v) is 8.08. The zero-order valence-corrected chi connectivity index (χ0v) is 18.6. The van der Waals surface area contributed by atoms with Crippen LogP contribution in [-0.2, 0) is 9.84 Å². The molecule has 0 amide bonds. The molecule has 1 fully saturated rings. The Morgan fingerprint density at radius 1 is 1.25 bits per heavy atom. The van der Waals surface area contributed by atoms with Gasteiger partial charge in [-0.2, -0.15) is 0 Å². The molecular formula is C21H31ClN2O3S. The first-order valence-corrected chi connectivity index (χ1v) is 11.2. The molecule has 0 bridgehead atoms. The van der Waals surface area contributed by atoms with Crippen molar-refractivity contribution >= 4 is 22.2 Å². The average Bonchev–Trinajstić information content (AvgIpc) is 3.09. The van der Waals surface area contributed by atoms with Gasteiger partial charge in [0.25, 0.3) is 0 Å². The Morgan fingerprint density at radius 2 is 1.96 bits per heavy atom. The molecule has 28 heavy (non-hydrogen) atoms. The van der Waals surface area contributed by atoms with Gasteiger partial charge in [0.15, 0.2) is 15.7 Å². The fourth-order valence-corrected chi connectivity index (χ4v) is 5.37. The topological polar surface area (TPSA) is 63.4 Å². The van der Waals surface area contributed by atoms with E-state index in [1.165, 1.54) is 0 Å². The van der Waals surface area contributed by atoms with Gasteiger partial charge in [0, 0.05) is 12.5 Å². The van der Waals surface area contributed by atoms with Gasteiger partial charge in [-0.3, -0.25) is 0 Å². The first-order chi connectivity index (χ1) is 12.8. The largest absolute Gasteiger partial charge is 0.448 e. The molecule has 0 N–H and O–H groups in total. The molecule has 1 aromatic heterocycles. The van der Waals surface area contributed by atoms with Crippen LogP contribution in [0.15, 0.2) is 45.9 Å². The molecule has 1 atom stereocenters. The van der Waals surface area contributed by atoms with Crippen LogP contribution in [0.5, 0.6) is 0 Å². The average molecular weight is 427 g/mol. The molecule has 1 aromatic carbocycles. The molecule has 1 aliphatic heterocycles. The van der Waals surface area contributed by atoms with Gasteiger partial charge in [-0.15, -0.1) is 12.4 Å². The van der Waals surface area contributed by atoms with Crippen molar-refractivity contribution in [3.05, 3.63) is 48.2 Å². The van der Waals surface area contributed by atoms with E-state index in [1.54, 1.807) is 30.5 Å². The lowest BCUT2D eigenvalue weighted by atomic mass is 9.97. The zero-order chi connectivity index (χ0) is 19.5. The second-order valence-corrected chi connectivity index (χ2v) is 10.7. The van der Waals surface area contributed by atoms with Crippen molar-refractivity contribution in [1.29, 1.82) is 0 Å². The van der Waals surface area contributed by atoms with Crippen LogP contribution in [0.1, 0.15) is 57.0 Å². The van der Waals surface area contributed by atoms with E-state index in [1.807, 2.05) is 26.8 Å². The Labute approximate surface area is 174 Å². The van der Waals surface area contributed by atoms with Gasteiger partial charge in [0.2, 0.25) is 0 Å². The second-order valence-electron chi connectivity index (χ2n) is 8.15. The number of rotatable bonds is 7. The minimum Gasteiger partial charge on any atom is -0.448 e. The summed E-state index contributed by atoms with van der Waals surface area (Å²) in [5, 5.41) is 0. The first-order valence-electron chi connectivity index (χ1n) is 9.74. The summed E-state index contributed by atoms with van der Waals surface area (Å²) in [6, 6.07) is 8.77. The number of hydrogen-bond acceptors (Lipinski definition) is 5. The van der Waals surface area contributed by atoms with Crippen molar-refractivity contribution in [1.82, 2.24) is 9.88 Å². The summed E-state index contributed by atoms with van der Waals surface area (Å²) in [5.74, 6) is 1.18. The highest BCUT2D eigenvalue weighted by atomic mass is 35.5. The van der Waals surface area contributed by atoms with Crippen LogP contribution in [-0.4, -0.2) is 42.7 Å². The molecule has 156 valence electrons. The number of likely N-dealkylation sites (tertiary alicyclic amines) is 1. The predicted octanol–water partition coefficient (Wildman–Crippen LogP) is 4.62. The molecular weight excluding hydrogens is 396 g/mol. The van der Waals surface area contributed by atoms with Crippen molar-refractivity contribution in [3.63, 3.8) is 0 Å². The maximum Gasteiger partial charge on any atom is 0.198 e. The number of piperidine rings is 1. The molecule has 1 unspecified atom stereocenters. The van der Waals surface area contributed by atoms with Crippen LogP contribution in [0.25, 0.3) is 0 Å². The zero-order valence-electron chi connectivity index (χ0n) is 16.9. The van der Waals surface area contributed by atoms with E-state index < -0.39 is 14.6 Å². The number of halogens is 1. The smallest absolute Gasteiger partial charge is 0.198 e. The summed E-state index contributed by atoms with van der Waals surface area (Å²) in [4.78, 5) is 7.31. The van der Waals surface area contributed by atoms with Crippen LogP contribution in [0.4, 0.5) is 0 Å². The first kappa shape index (κ1) is 22.9. The van der Waals surface area contributed by atoms with Gasteiger partial charge in [-0.1, -0.05) is 18.2 Å². The highest BCUT2D eigenvalue weighted by Gasteiger charge is 2.35. The van der Waals surface area contributed by atoms with E-state index >= 15 is 0 Å². The SMILES string of the molecule is Cc1coc(C2CCCN(CCCC(C)(C)S(=O)(=O)c3ccccc3)C2)n1.Cl. The second kappa shape index (κ2) is 9.42. The van der Waals surface area contributed by atoms with Crippen molar-refractivity contribution in [2.75, 3.05) is 19.6 Å². The Morgan fingerprint density at radius 3 is 2.61 bits per heavy atom. The fourth-order valence-electron chi connectivity index (χ4n) is 3.80. The van der Waals surface area contributed by atoms with Crippen LogP contribution in [0.3, 0.4) is 0 Å². The molecule has 2 aromatic rings. The van der Waals surface area contributed by atoms with Crippen molar-refractivity contribution in [2.24, 2.45) is 0 Å². The van der Waals surface area contributed by atoms with E-state index in [4.69, 9.17) is 4.42 Å². The molecule has 0 aliphatic carbocycles. The standard InChI is InChI=1S/C21H30N2O3S.ClH/c1-17-16-26-20(22-17)18-9-7-13-23(15-18)14-8-12-21(2,3)27(24,25)19-10-5-4-6-11-19;/h4-6,10-11,16,18H,7-9,12-15H2,1-3H3;1H. The summed E-state index contributed by atoms with van der Waals surface area (Å²) < 4.78 is 30.7. The number of benzene rings is 1. The lowest BCUT2D eigenvalue weighted by Crippen LogP contribution is -2.37. The summed E-state index contributed by atoms with van der Waals surface area (Å²) in [5.41, 5.74) is 0.926. The number of aromatic nitrogens is 1. The molecule has 1 aliphatic rings. The van der Waals surface area contributed by atoms with Crippen LogP contribution < -0.4 is 0 Å². The lowest BCUT2D eigenvalue weighted by Gasteiger charge is -2.32. The molecule has 0 saturated carbocycles. The fraction of sp³-hybridized carbons (Fsp3) is 0.571. The predicted molar refractivity (Wildman–Crippen MR) is 114 cm³/mol. The number of sulfone groups is 1. The number of hydrogen-bond donors (Lipinski definition) is 0. The van der Waals surface area contributed by atoms with Crippen LogP contribution >= 0.6 is 12.4 Å². The van der Waals surface area contributed by atoms with Crippen molar-refractivity contribution < 1.29 is 12.8 Å². The van der Waals surface area contributed by atoms with Gasteiger partial charge >= 0.3 is 0 Å². The highest BCUT2D eigenvalue weighted by Crippen LogP contribution is 2.30. The van der Waals surface area contributed by atoms with E-state index in [0.717, 1.165) is 50.5 Å². The summed E-state index contributed by atoms with van der Waals surface area (Å²) >= 11 is 0. The van der Waals surface area contributed by atoms with Gasteiger partial charge in [0.05, 0.1) is 15.3 Å². The third kappa shape index (κ3) is 5.16. The monoisotopic (exact) mass is 426 g/mol. The lowest BCUT2D eigenvalue weighted by molar-refractivity contribution is 0.188. The Hall–Kier alpha value is -1.37. The van der Waals surface area contributed by atoms with E-state index in [9.17, 15) is 8.42 Å². The third-order valence-electron chi connectivity index (χ3n) is 5.53. The highest BCUT2D eigenvalue weighted by molar-refractivity contribution is 7.92. The maximum absolute atomic E-state index is 12.9. The molecule has 3 rings (SSSR count).